The average molecular weight is 195 g/mol. The summed E-state index contributed by atoms with van der Waals surface area (Å²) in [6, 6.07) is 0. The molecule has 0 amide bonds. The highest BCUT2D eigenvalue weighted by atomic mass is 16.5. The number of hydrogen-bond acceptors (Lipinski definition) is 4. The molecule has 1 aliphatic heterocycles. The number of morpholine rings is 1. The third kappa shape index (κ3) is 2.18. The summed E-state index contributed by atoms with van der Waals surface area (Å²) < 4.78 is 6.71. The fraction of sp³-hybridized carbons (Fsp3) is 0.556. The van der Waals surface area contributed by atoms with Crippen LogP contribution in [0.15, 0.2) is 18.7 Å². The maximum absolute atomic E-state index is 11.6. The van der Waals surface area contributed by atoms with Crippen LogP contribution in [0, 0.1) is 0 Å². The van der Waals surface area contributed by atoms with Crippen LogP contribution in [0.3, 0.4) is 0 Å². The molecule has 0 radical (unpaired) electrons. The maximum Gasteiger partial charge on any atom is 0.246 e. The number of nitrogens with zero attached hydrogens (tertiary/aromatic N) is 3. The molecule has 5 heteroatoms. The molecule has 0 bridgehead atoms. The van der Waals surface area contributed by atoms with Gasteiger partial charge < -0.3 is 4.74 Å². The minimum atomic E-state index is 0.0596. The molecule has 5 nitrogen and oxygen atoms in total. The lowest BCUT2D eigenvalue weighted by Crippen LogP contribution is -2.40. The van der Waals surface area contributed by atoms with Gasteiger partial charge in [-0.2, -0.15) is 0 Å². The van der Waals surface area contributed by atoms with Crippen molar-refractivity contribution >= 4 is 5.91 Å². The summed E-state index contributed by atoms with van der Waals surface area (Å²) in [6.45, 7) is 3.55. The smallest absolute Gasteiger partial charge is 0.246 e. The van der Waals surface area contributed by atoms with Crippen molar-refractivity contribution < 1.29 is 9.53 Å². The van der Waals surface area contributed by atoms with Gasteiger partial charge in [0.15, 0.2) is 0 Å². The van der Waals surface area contributed by atoms with Crippen LogP contribution < -0.4 is 0 Å². The summed E-state index contributed by atoms with van der Waals surface area (Å²) in [5.74, 6) is 0.0596. The van der Waals surface area contributed by atoms with Gasteiger partial charge in [0.1, 0.15) is 6.33 Å². The lowest BCUT2D eigenvalue weighted by Gasteiger charge is -2.25. The fourth-order valence-corrected chi connectivity index (χ4v) is 1.44. The third-order valence-corrected chi connectivity index (χ3v) is 2.25. The van der Waals surface area contributed by atoms with Gasteiger partial charge in [-0.15, -0.1) is 0 Å². The quantitative estimate of drug-likeness (QED) is 0.658. The van der Waals surface area contributed by atoms with Crippen molar-refractivity contribution in [2.75, 3.05) is 32.8 Å². The summed E-state index contributed by atoms with van der Waals surface area (Å²) in [6.07, 6.45) is 4.81. The molecule has 1 aromatic rings. The van der Waals surface area contributed by atoms with E-state index in [1.807, 2.05) is 0 Å². The van der Waals surface area contributed by atoms with Crippen molar-refractivity contribution in [3.63, 3.8) is 0 Å². The van der Waals surface area contributed by atoms with Crippen LogP contribution in [0.2, 0.25) is 0 Å². The zero-order valence-corrected chi connectivity index (χ0v) is 7.93. The first-order chi connectivity index (χ1) is 6.86. The third-order valence-electron chi connectivity index (χ3n) is 2.25. The van der Waals surface area contributed by atoms with Crippen LogP contribution in [0.25, 0.3) is 0 Å². The molecule has 0 spiro atoms. The number of rotatable bonds is 2. The van der Waals surface area contributed by atoms with E-state index in [1.165, 1.54) is 10.9 Å². The molecule has 1 aliphatic rings. The highest BCUT2D eigenvalue weighted by molar-refractivity contribution is 5.80. The number of carbonyl (C=O) groups excluding carboxylic acids is 1. The van der Waals surface area contributed by atoms with Crippen LogP contribution in [-0.2, 0) is 4.74 Å². The van der Waals surface area contributed by atoms with Gasteiger partial charge in [-0.3, -0.25) is 14.3 Å². The topological polar surface area (TPSA) is 47.4 Å². The number of carbonyl (C=O) groups is 1. The Hall–Kier alpha value is -1.20. The van der Waals surface area contributed by atoms with Crippen LogP contribution >= 0.6 is 0 Å². The average Bonchev–Trinajstić information content (AvgIpc) is 2.72. The SMILES string of the molecule is O=C(CN1CCOCC1)n1ccnc1. The normalized spacial score (nSPS) is 18.3. The van der Waals surface area contributed by atoms with Crippen LogP contribution in [0.4, 0.5) is 0 Å². The number of imidazole rings is 1. The van der Waals surface area contributed by atoms with E-state index in [1.54, 1.807) is 12.4 Å². The van der Waals surface area contributed by atoms with Gasteiger partial charge in [-0.1, -0.05) is 0 Å². The second-order valence-electron chi connectivity index (χ2n) is 3.25. The van der Waals surface area contributed by atoms with Crippen LogP contribution in [0.5, 0.6) is 0 Å². The van der Waals surface area contributed by atoms with Crippen molar-refractivity contribution in [3.05, 3.63) is 18.7 Å². The van der Waals surface area contributed by atoms with Gasteiger partial charge in [0.05, 0.1) is 19.8 Å². The molecule has 2 rings (SSSR count). The predicted molar refractivity (Wildman–Crippen MR) is 50.1 cm³/mol. The zero-order valence-electron chi connectivity index (χ0n) is 7.93. The Kier molecular flexibility index (Phi) is 2.90. The van der Waals surface area contributed by atoms with E-state index in [9.17, 15) is 4.79 Å². The summed E-state index contributed by atoms with van der Waals surface area (Å²) in [5.41, 5.74) is 0. The largest absolute Gasteiger partial charge is 0.379 e. The Balaban J connectivity index is 1.87. The van der Waals surface area contributed by atoms with E-state index < -0.39 is 0 Å². The lowest BCUT2D eigenvalue weighted by atomic mass is 10.4. The molecule has 2 heterocycles. The van der Waals surface area contributed by atoms with Crippen molar-refractivity contribution in [2.24, 2.45) is 0 Å². The monoisotopic (exact) mass is 195 g/mol. The second-order valence-corrected chi connectivity index (χ2v) is 3.25. The summed E-state index contributed by atoms with van der Waals surface area (Å²) in [4.78, 5) is 17.5. The Morgan fingerprint density at radius 3 is 2.86 bits per heavy atom. The van der Waals surface area contributed by atoms with E-state index in [0.717, 1.165) is 26.3 Å². The molecule has 0 saturated carbocycles. The predicted octanol–water partition coefficient (Wildman–Crippen LogP) is -0.145. The summed E-state index contributed by atoms with van der Waals surface area (Å²) in [5, 5.41) is 0. The Morgan fingerprint density at radius 2 is 2.21 bits per heavy atom. The van der Waals surface area contributed by atoms with Crippen LogP contribution in [-0.4, -0.2) is 53.2 Å². The van der Waals surface area contributed by atoms with E-state index >= 15 is 0 Å². The first-order valence-corrected chi connectivity index (χ1v) is 4.67. The lowest BCUT2D eigenvalue weighted by molar-refractivity contribution is 0.0349. The molecule has 1 fully saturated rings. The van der Waals surface area contributed by atoms with E-state index in [2.05, 4.69) is 9.88 Å². The molecule has 0 aliphatic carbocycles. The molecule has 0 unspecified atom stereocenters. The number of aromatic nitrogens is 2. The molecule has 76 valence electrons. The summed E-state index contributed by atoms with van der Waals surface area (Å²) in [7, 11) is 0. The Bertz CT molecular complexity index is 291. The zero-order chi connectivity index (χ0) is 9.80. The van der Waals surface area contributed by atoms with E-state index in [0.29, 0.717) is 6.54 Å². The Morgan fingerprint density at radius 1 is 1.43 bits per heavy atom. The highest BCUT2D eigenvalue weighted by Gasteiger charge is 2.14. The molecular weight excluding hydrogens is 182 g/mol. The fourth-order valence-electron chi connectivity index (χ4n) is 1.44. The molecular formula is C9H13N3O2. The number of ether oxygens (including phenoxy) is 1. The van der Waals surface area contributed by atoms with Crippen molar-refractivity contribution in [1.29, 1.82) is 0 Å². The maximum atomic E-state index is 11.6. The first kappa shape index (κ1) is 9.36. The molecule has 0 N–H and O–H groups in total. The van der Waals surface area contributed by atoms with E-state index in [4.69, 9.17) is 4.74 Å². The van der Waals surface area contributed by atoms with Gasteiger partial charge in [-0.25, -0.2) is 4.98 Å². The van der Waals surface area contributed by atoms with Crippen molar-refractivity contribution in [1.82, 2.24) is 14.5 Å². The molecule has 1 saturated heterocycles. The minimum absolute atomic E-state index is 0.0596. The van der Waals surface area contributed by atoms with Gasteiger partial charge >= 0.3 is 0 Å². The second kappa shape index (κ2) is 4.34. The summed E-state index contributed by atoms with van der Waals surface area (Å²) >= 11 is 0. The standard InChI is InChI=1S/C9H13N3O2/c13-9(12-2-1-10-8-12)7-11-3-5-14-6-4-11/h1-2,8H,3-7H2. The highest BCUT2D eigenvalue weighted by Crippen LogP contribution is 1.97. The van der Waals surface area contributed by atoms with Gasteiger partial charge in [0, 0.05) is 25.5 Å². The minimum Gasteiger partial charge on any atom is -0.379 e. The molecule has 0 atom stereocenters. The van der Waals surface area contributed by atoms with Crippen molar-refractivity contribution in [2.45, 2.75) is 0 Å². The molecule has 14 heavy (non-hydrogen) atoms. The van der Waals surface area contributed by atoms with Crippen LogP contribution in [0.1, 0.15) is 4.79 Å². The Labute approximate surface area is 82.3 Å². The molecule has 1 aromatic heterocycles. The first-order valence-electron chi connectivity index (χ1n) is 4.67. The molecule has 0 aromatic carbocycles. The van der Waals surface area contributed by atoms with Gasteiger partial charge in [-0.05, 0) is 0 Å². The van der Waals surface area contributed by atoms with Gasteiger partial charge in [0.25, 0.3) is 0 Å². The van der Waals surface area contributed by atoms with Crippen molar-refractivity contribution in [3.8, 4) is 0 Å². The van der Waals surface area contributed by atoms with E-state index in [-0.39, 0.29) is 5.91 Å². The number of hydrogen-bond donors (Lipinski definition) is 0. The van der Waals surface area contributed by atoms with Gasteiger partial charge in [0.2, 0.25) is 5.91 Å².